The molecule has 2 unspecified atom stereocenters. The van der Waals surface area contributed by atoms with Gasteiger partial charge in [0, 0.05) is 19.4 Å². The molecule has 0 spiro atoms. The molecule has 9 nitrogen and oxygen atoms in total. The Balaban J connectivity index is 0. The Labute approximate surface area is 181 Å². The van der Waals surface area contributed by atoms with Gasteiger partial charge < -0.3 is 25.5 Å². The molecule has 30 heavy (non-hydrogen) atoms. The van der Waals surface area contributed by atoms with Gasteiger partial charge in [0.2, 0.25) is 11.8 Å². The summed E-state index contributed by atoms with van der Waals surface area (Å²) in [6.07, 6.45) is 2.22. The number of carboxylic acids is 1. The van der Waals surface area contributed by atoms with Crippen LogP contribution in [0.25, 0.3) is 0 Å². The molecule has 0 radical (unpaired) electrons. The molecule has 0 aliphatic carbocycles. The van der Waals surface area contributed by atoms with Gasteiger partial charge in [0.05, 0.1) is 46.2 Å². The van der Waals surface area contributed by atoms with E-state index in [9.17, 15) is 19.2 Å². The summed E-state index contributed by atoms with van der Waals surface area (Å²) in [5.74, 6) is -1.41. The maximum Gasteiger partial charge on any atom is 0.305 e. The number of carbonyl (C=O) groups is 4. The molecule has 9 heteroatoms. The van der Waals surface area contributed by atoms with Crippen molar-refractivity contribution in [1.29, 1.82) is 0 Å². The van der Waals surface area contributed by atoms with Gasteiger partial charge in [-0.3, -0.25) is 19.2 Å². The number of nitrogens with one attached hydrogen (secondary N) is 3. The van der Waals surface area contributed by atoms with Crippen LogP contribution in [-0.4, -0.2) is 86.5 Å². The molecule has 0 aliphatic heterocycles. The summed E-state index contributed by atoms with van der Waals surface area (Å²) in [4.78, 5) is 46.2. The number of rotatable bonds is 15. The molecule has 2 atom stereocenters. The number of unbranched alkanes of at least 4 members (excludes halogenated alkanes) is 1. The van der Waals surface area contributed by atoms with Crippen LogP contribution in [0.1, 0.15) is 59.3 Å². The molecule has 0 aliphatic rings. The lowest BCUT2D eigenvalue weighted by Crippen LogP contribution is -2.49. The van der Waals surface area contributed by atoms with Crippen LogP contribution in [-0.2, 0) is 19.2 Å². The minimum Gasteiger partial charge on any atom is -0.481 e. The fourth-order valence-electron chi connectivity index (χ4n) is 2.90. The zero-order chi connectivity index (χ0) is 23.7. The Morgan fingerprint density at radius 1 is 0.967 bits per heavy atom. The van der Waals surface area contributed by atoms with Gasteiger partial charge in [0.15, 0.2) is 0 Å². The second kappa shape index (κ2) is 16.8. The Morgan fingerprint density at radius 2 is 1.53 bits per heavy atom. The predicted molar refractivity (Wildman–Crippen MR) is 118 cm³/mol. The number of quaternary nitrogens is 1. The summed E-state index contributed by atoms with van der Waals surface area (Å²) in [5.41, 5.74) is 0. The normalized spacial score (nSPS) is 12.8. The summed E-state index contributed by atoms with van der Waals surface area (Å²) in [6.45, 7) is 6.53. The molecular weight excluding hydrogens is 388 g/mol. The third-order valence-electron chi connectivity index (χ3n) is 4.21. The summed E-state index contributed by atoms with van der Waals surface area (Å²) < 4.78 is 0.525. The molecule has 0 aromatic carbocycles. The number of amides is 2. The fraction of sp³-hybridized carbons (Fsp3) is 0.810. The highest BCUT2D eigenvalue weighted by atomic mass is 16.4. The minimum atomic E-state index is -0.971. The third kappa shape index (κ3) is 18.1. The van der Waals surface area contributed by atoms with Gasteiger partial charge in [-0.15, -0.1) is 0 Å². The largest absolute Gasteiger partial charge is 0.481 e. The first-order chi connectivity index (χ1) is 13.9. The second-order valence-electron chi connectivity index (χ2n) is 8.13. The number of carboxylic acid groups (broad SMARTS) is 1. The molecule has 0 bridgehead atoms. The highest BCUT2D eigenvalue weighted by molar-refractivity contribution is 5.84. The molecule has 2 amide bonds. The van der Waals surface area contributed by atoms with Crippen molar-refractivity contribution >= 4 is 23.6 Å². The number of hydrogen-bond acceptors (Lipinski definition) is 5. The van der Waals surface area contributed by atoms with Crippen LogP contribution in [0.4, 0.5) is 0 Å². The number of Topliss-reactive ketones (excluding diaryl/α,β-unsaturated/α-hetero) is 1. The number of aliphatic carboxylic acids is 1. The molecule has 0 aromatic heterocycles. The van der Waals surface area contributed by atoms with Crippen molar-refractivity contribution < 1.29 is 28.8 Å². The van der Waals surface area contributed by atoms with E-state index in [0.29, 0.717) is 17.6 Å². The van der Waals surface area contributed by atoms with Gasteiger partial charge in [-0.25, -0.2) is 0 Å². The van der Waals surface area contributed by atoms with Crippen molar-refractivity contribution in [2.45, 2.75) is 71.4 Å². The van der Waals surface area contributed by atoms with Crippen molar-refractivity contribution in [1.82, 2.24) is 16.0 Å². The van der Waals surface area contributed by atoms with Crippen molar-refractivity contribution in [3.05, 3.63) is 0 Å². The van der Waals surface area contributed by atoms with Crippen molar-refractivity contribution in [3.8, 4) is 0 Å². The third-order valence-corrected chi connectivity index (χ3v) is 4.21. The van der Waals surface area contributed by atoms with Gasteiger partial charge in [0.25, 0.3) is 0 Å². The monoisotopic (exact) mass is 431 g/mol. The van der Waals surface area contributed by atoms with Crippen molar-refractivity contribution in [3.63, 3.8) is 0 Å². The maximum absolute atomic E-state index is 12.0. The Hall–Kier alpha value is -2.00. The van der Waals surface area contributed by atoms with Crippen LogP contribution in [0.3, 0.4) is 0 Å². The average Bonchev–Trinajstić information content (AvgIpc) is 2.62. The highest BCUT2D eigenvalue weighted by Crippen LogP contribution is 2.03. The van der Waals surface area contributed by atoms with E-state index in [2.05, 4.69) is 16.0 Å². The Bertz CT molecular complexity index is 532. The lowest BCUT2D eigenvalue weighted by atomic mass is 10.1. The lowest BCUT2D eigenvalue weighted by molar-refractivity contribution is -0.871. The van der Waals surface area contributed by atoms with E-state index in [-0.39, 0.29) is 42.9 Å². The smallest absolute Gasteiger partial charge is 0.305 e. The first-order valence-corrected chi connectivity index (χ1v) is 10.7. The van der Waals surface area contributed by atoms with E-state index in [0.717, 1.165) is 19.3 Å². The maximum atomic E-state index is 12.0. The van der Waals surface area contributed by atoms with Gasteiger partial charge >= 0.3 is 5.97 Å². The zero-order valence-corrected chi connectivity index (χ0v) is 19.8. The molecule has 0 fully saturated rings. The number of nitrogens with zero attached hydrogens (tertiary/aromatic N) is 1. The second-order valence-corrected chi connectivity index (χ2v) is 8.13. The van der Waals surface area contributed by atoms with E-state index in [4.69, 9.17) is 5.11 Å². The molecule has 4 N–H and O–H groups in total. The molecule has 0 rings (SSSR count). The summed E-state index contributed by atoms with van der Waals surface area (Å²) in [7, 11) is 7.51. The van der Waals surface area contributed by atoms with Crippen LogP contribution in [0.2, 0.25) is 0 Å². The Kier molecular flexibility index (Phi) is 16.9. The fourth-order valence-corrected chi connectivity index (χ4v) is 2.90. The molecule has 176 valence electrons. The molecule has 0 heterocycles. The van der Waals surface area contributed by atoms with Gasteiger partial charge in [-0.2, -0.15) is 0 Å². The van der Waals surface area contributed by atoms with E-state index in [1.54, 1.807) is 14.0 Å². The summed E-state index contributed by atoms with van der Waals surface area (Å²) >= 11 is 0. The van der Waals surface area contributed by atoms with Crippen LogP contribution >= 0.6 is 0 Å². The van der Waals surface area contributed by atoms with E-state index in [1.165, 1.54) is 0 Å². The topological polar surface area (TPSA) is 125 Å². The number of carbonyl (C=O) groups excluding carboxylic acids is 3. The van der Waals surface area contributed by atoms with Crippen molar-refractivity contribution in [2.75, 3.05) is 41.3 Å². The first kappa shape index (κ1) is 30.2. The SMILES string of the molecule is CC.CNC(CCCCNC(=O)CCC(=O)NC(CC(=O)O)C[N+](C)(C)C)C(C)=O. The molecular formula is C21H43N4O5+. The first-order valence-electron chi connectivity index (χ1n) is 10.7. The minimum absolute atomic E-state index is 0.0191. The van der Waals surface area contributed by atoms with Crippen LogP contribution in [0.5, 0.6) is 0 Å². The van der Waals surface area contributed by atoms with Gasteiger partial charge in [-0.05, 0) is 33.2 Å². The number of hydrogen-bond donors (Lipinski definition) is 4. The number of likely N-dealkylation sites (N-methyl/N-ethyl adjacent to an activating group) is 2. The van der Waals surface area contributed by atoms with E-state index in [1.807, 2.05) is 35.0 Å². The van der Waals surface area contributed by atoms with Gasteiger partial charge in [0.1, 0.15) is 5.78 Å². The zero-order valence-electron chi connectivity index (χ0n) is 19.8. The van der Waals surface area contributed by atoms with Crippen LogP contribution in [0, 0.1) is 0 Å². The quantitative estimate of drug-likeness (QED) is 0.226. The molecule has 0 saturated carbocycles. The van der Waals surface area contributed by atoms with Gasteiger partial charge in [-0.1, -0.05) is 13.8 Å². The standard InChI is InChI=1S/C19H36N4O5.C2H6/c1-14(24)16(20-2)8-6-7-11-21-17(25)9-10-18(26)22-15(12-19(27)28)13-23(3,4)5;1-2/h15-16,20H,6-13H2,1-5H3,(H2-,21,22,25,26,27,28);1-2H3/p+1. The van der Waals surface area contributed by atoms with Crippen LogP contribution in [0.15, 0.2) is 0 Å². The molecule has 0 saturated heterocycles. The molecule has 0 aromatic rings. The van der Waals surface area contributed by atoms with Crippen molar-refractivity contribution in [2.24, 2.45) is 0 Å². The number of ketones is 1. The summed E-state index contributed by atoms with van der Waals surface area (Å²) in [6, 6.07) is -0.626. The predicted octanol–water partition coefficient (Wildman–Crippen LogP) is 0.922. The van der Waals surface area contributed by atoms with Crippen LogP contribution < -0.4 is 16.0 Å². The Morgan fingerprint density at radius 3 is 2.00 bits per heavy atom. The highest BCUT2D eigenvalue weighted by Gasteiger charge is 2.23. The lowest BCUT2D eigenvalue weighted by Gasteiger charge is -2.29. The van der Waals surface area contributed by atoms with E-state index < -0.39 is 12.0 Å². The summed E-state index contributed by atoms with van der Waals surface area (Å²) in [5, 5.41) is 17.4. The average molecular weight is 432 g/mol. The van der Waals surface area contributed by atoms with E-state index >= 15 is 0 Å².